The van der Waals surface area contributed by atoms with E-state index in [4.69, 9.17) is 0 Å². The fourth-order valence-electron chi connectivity index (χ4n) is 0. The summed E-state index contributed by atoms with van der Waals surface area (Å²) in [5, 5.41) is 0. The quantitative estimate of drug-likeness (QED) is 0.370. The van der Waals surface area contributed by atoms with Crippen LogP contribution < -0.4 is 0 Å². The van der Waals surface area contributed by atoms with E-state index in [0.29, 0.717) is 0 Å². The second kappa shape index (κ2) is 9.61. The van der Waals surface area contributed by atoms with E-state index in [1.54, 1.807) is 0 Å². The molecule has 0 saturated carbocycles. The Balaban J connectivity index is -0.0000000450. The fraction of sp³-hybridized carbons (Fsp3) is 0.750. The Morgan fingerprint density at radius 1 is 1.00 bits per heavy atom. The minimum atomic E-state index is 0. The van der Waals surface area contributed by atoms with Crippen molar-refractivity contribution in [3.63, 3.8) is 0 Å². The van der Waals surface area contributed by atoms with Crippen LogP contribution in [0.25, 0.3) is 0 Å². The molecule has 0 aliphatic rings. The van der Waals surface area contributed by atoms with Crippen LogP contribution in [-0.2, 0) is 0 Å². The summed E-state index contributed by atoms with van der Waals surface area (Å²) in [6, 6.07) is 0. The summed E-state index contributed by atoms with van der Waals surface area (Å²) in [6.45, 7) is 6.25. The first-order valence-corrected chi connectivity index (χ1v) is 1.50. The molecule has 31 valence electrons. The summed E-state index contributed by atoms with van der Waals surface area (Å²) in [6.07, 6.45) is 0. The summed E-state index contributed by atoms with van der Waals surface area (Å²) in [5.41, 5.74) is 0. The Hall–Kier alpha value is 1.36. The van der Waals surface area contributed by atoms with E-state index >= 15 is 0 Å². The van der Waals surface area contributed by atoms with Gasteiger partial charge in [-0.2, -0.15) is 0 Å². The van der Waals surface area contributed by atoms with Crippen molar-refractivity contribution in [3.05, 3.63) is 5.92 Å². The zero-order valence-corrected chi connectivity index (χ0v) is 3.50. The zero-order chi connectivity index (χ0) is 3.58. The summed E-state index contributed by atoms with van der Waals surface area (Å²) < 4.78 is 0. The summed E-state index contributed by atoms with van der Waals surface area (Å²) >= 11 is 0. The molecule has 0 amide bonds. The van der Waals surface area contributed by atoms with Gasteiger partial charge in [0.1, 0.15) is 0 Å². The van der Waals surface area contributed by atoms with Crippen LogP contribution >= 0.6 is 0 Å². The van der Waals surface area contributed by atoms with Gasteiger partial charge in [0, 0.05) is 0 Å². The molecule has 0 aliphatic carbocycles. The molecule has 0 aliphatic heterocycles. The van der Waals surface area contributed by atoms with Gasteiger partial charge in [0.15, 0.2) is 0 Å². The molecule has 2 heteroatoms. The Morgan fingerprint density at radius 3 is 1.00 bits per heavy atom. The monoisotopic (exact) mass is 91.1 g/mol. The fourth-order valence-corrected chi connectivity index (χ4v) is 0. The van der Waals surface area contributed by atoms with Gasteiger partial charge in [-0.3, -0.25) is 0 Å². The normalized spacial score (nSPS) is 6.00. The van der Waals surface area contributed by atoms with Crippen molar-refractivity contribution in [1.29, 1.82) is 0 Å². The van der Waals surface area contributed by atoms with Crippen molar-refractivity contribution in [3.8, 4) is 0 Å². The van der Waals surface area contributed by atoms with Crippen molar-refractivity contribution >= 4 is 41.9 Å². The molecule has 0 aromatic rings. The van der Waals surface area contributed by atoms with Crippen molar-refractivity contribution in [2.45, 2.75) is 20.8 Å². The molecule has 1 radical (unpaired) electrons. The third-order valence-corrected chi connectivity index (χ3v) is 0. The summed E-state index contributed by atoms with van der Waals surface area (Å²) in [4.78, 5) is 0. The molecule has 0 heterocycles. The average molecular weight is 91.4 g/mol. The minimum absolute atomic E-state index is 0. The molecule has 0 aromatic carbocycles. The Kier molecular flexibility index (Phi) is 25.1. The topological polar surface area (TPSA) is 0 Å². The predicted molar refractivity (Wildman–Crippen MR) is 36.0 cm³/mol. The molecule has 0 atom stereocenters. The molecule has 0 saturated heterocycles. The molecule has 0 fully saturated rings. The standard InChI is InChI=1S/C4H9.Li.Mg.3H/c1-4(2)3;;;;;/h1-3H3;;;;;. The molecular weight excluding hydrogens is 79.3 g/mol. The molecule has 0 unspecified atom stereocenters. The Morgan fingerprint density at radius 2 is 1.00 bits per heavy atom. The zero-order valence-electron chi connectivity index (χ0n) is 3.50. The number of hydrogen-bond acceptors (Lipinski definition) is 0. The first-order valence-electron chi connectivity index (χ1n) is 1.50. The van der Waals surface area contributed by atoms with Gasteiger partial charge in [0.05, 0.1) is 0 Å². The van der Waals surface area contributed by atoms with Gasteiger partial charge in [-0.15, -0.1) is 0 Å². The maximum atomic E-state index is 2.08. The largest absolute Gasteiger partial charge is 0.316 e. The van der Waals surface area contributed by atoms with Crippen molar-refractivity contribution in [1.82, 2.24) is 0 Å². The molecule has 0 N–H and O–H groups in total. The van der Waals surface area contributed by atoms with Gasteiger partial charge in [-0.1, -0.05) is 20.8 Å². The van der Waals surface area contributed by atoms with Crippen molar-refractivity contribution < 1.29 is 0 Å². The van der Waals surface area contributed by atoms with Gasteiger partial charge >= 0.3 is 41.9 Å². The second-order valence-electron chi connectivity index (χ2n) is 1.50. The van der Waals surface area contributed by atoms with E-state index in [1.165, 1.54) is 5.92 Å². The number of hydrogen-bond donors (Lipinski definition) is 0. The third-order valence-electron chi connectivity index (χ3n) is 0. The maximum absolute atomic E-state index is 2.08. The van der Waals surface area contributed by atoms with Crippen LogP contribution in [0.5, 0.6) is 0 Å². The van der Waals surface area contributed by atoms with E-state index in [2.05, 4.69) is 20.8 Å². The SMILES string of the molecule is C[C](C)C.[LiH].[MgH2]. The van der Waals surface area contributed by atoms with E-state index in [-0.39, 0.29) is 41.9 Å². The molecule has 6 heavy (non-hydrogen) atoms. The van der Waals surface area contributed by atoms with Crippen LogP contribution in [-0.4, -0.2) is 41.9 Å². The van der Waals surface area contributed by atoms with E-state index in [0.717, 1.165) is 0 Å². The van der Waals surface area contributed by atoms with Crippen LogP contribution in [0.4, 0.5) is 0 Å². The Bertz CT molecular complexity index is 12.3. The smallest absolute Gasteiger partial charge is 0.316 e. The molecular formula is C4H12LiMg. The summed E-state index contributed by atoms with van der Waals surface area (Å²) in [5.74, 6) is 1.42. The molecule has 0 bridgehead atoms. The van der Waals surface area contributed by atoms with E-state index < -0.39 is 0 Å². The predicted octanol–water partition coefficient (Wildman–Crippen LogP) is 0.0559. The summed E-state index contributed by atoms with van der Waals surface area (Å²) in [7, 11) is 0. The van der Waals surface area contributed by atoms with Gasteiger partial charge in [-0.05, 0) is 5.92 Å². The molecule has 0 nitrogen and oxygen atoms in total. The van der Waals surface area contributed by atoms with Crippen molar-refractivity contribution in [2.24, 2.45) is 0 Å². The van der Waals surface area contributed by atoms with Gasteiger partial charge in [0.2, 0.25) is 0 Å². The van der Waals surface area contributed by atoms with Gasteiger partial charge in [0.25, 0.3) is 0 Å². The molecule has 0 rings (SSSR count). The first kappa shape index (κ1) is 15.7. The Labute approximate surface area is 68.4 Å². The van der Waals surface area contributed by atoms with Crippen molar-refractivity contribution in [2.75, 3.05) is 0 Å². The molecule has 0 aromatic heterocycles. The van der Waals surface area contributed by atoms with Crippen LogP contribution in [0.15, 0.2) is 0 Å². The van der Waals surface area contributed by atoms with Crippen LogP contribution in [0.2, 0.25) is 0 Å². The molecule has 0 spiro atoms. The van der Waals surface area contributed by atoms with Crippen LogP contribution in [0, 0.1) is 5.92 Å². The van der Waals surface area contributed by atoms with Gasteiger partial charge in [-0.25, -0.2) is 0 Å². The first-order chi connectivity index (χ1) is 1.73. The average Bonchev–Trinajstić information content (AvgIpc) is 0.811. The number of rotatable bonds is 0. The van der Waals surface area contributed by atoms with E-state index in [9.17, 15) is 0 Å². The van der Waals surface area contributed by atoms with Gasteiger partial charge < -0.3 is 0 Å². The second-order valence-corrected chi connectivity index (χ2v) is 1.50. The minimum Gasteiger partial charge on any atom is 0.316 e. The van der Waals surface area contributed by atoms with E-state index in [1.807, 2.05) is 0 Å². The van der Waals surface area contributed by atoms with Crippen LogP contribution in [0.3, 0.4) is 0 Å². The maximum Gasteiger partial charge on any atom is 0.316 e. The third kappa shape index (κ3) is 54.9. The van der Waals surface area contributed by atoms with Crippen LogP contribution in [0.1, 0.15) is 20.8 Å².